The second-order valence-corrected chi connectivity index (χ2v) is 4.10. The number of carbonyl (C=O) groups excluding carboxylic acids is 1. The van der Waals surface area contributed by atoms with Crippen LogP contribution in [0.3, 0.4) is 0 Å². The molecule has 5 nitrogen and oxygen atoms in total. The number of hydrogen-bond acceptors (Lipinski definition) is 2. The van der Waals surface area contributed by atoms with Gasteiger partial charge in [-0.25, -0.2) is 9.69 Å². The third kappa shape index (κ3) is 2.68. The van der Waals surface area contributed by atoms with Crippen molar-refractivity contribution < 1.29 is 4.79 Å². The van der Waals surface area contributed by atoms with Crippen LogP contribution >= 0.6 is 11.6 Å². The topological polar surface area (TPSA) is 82.2 Å². The molecule has 0 aliphatic carbocycles. The van der Waals surface area contributed by atoms with Gasteiger partial charge in [0.1, 0.15) is 0 Å². The summed E-state index contributed by atoms with van der Waals surface area (Å²) in [6, 6.07) is 3.00. The molecule has 0 heterocycles. The molecule has 0 aliphatic heterocycles. The molecule has 0 saturated carbocycles. The highest BCUT2D eigenvalue weighted by atomic mass is 35.5. The molecule has 6 heteroatoms. The first-order valence-electron chi connectivity index (χ1n) is 5.01. The zero-order valence-corrected chi connectivity index (χ0v) is 10.7. The number of guanidine groups is 1. The van der Waals surface area contributed by atoms with Gasteiger partial charge in [-0.15, -0.1) is 0 Å². The molecule has 0 aliphatic rings. The Morgan fingerprint density at radius 1 is 1.41 bits per heavy atom. The molecule has 0 aromatic heterocycles. The van der Waals surface area contributed by atoms with E-state index >= 15 is 0 Å². The molecule has 0 bridgehead atoms. The molecule has 92 valence electrons. The van der Waals surface area contributed by atoms with Crippen molar-refractivity contribution in [1.29, 1.82) is 5.41 Å². The SMILES string of the molecule is CNC(=O)N(C(=N)N)c1c(C)cc(Cl)cc1C. The Bertz CT molecular complexity index is 450. The molecule has 17 heavy (non-hydrogen) atoms. The van der Waals surface area contributed by atoms with Crippen molar-refractivity contribution in [1.82, 2.24) is 5.32 Å². The lowest BCUT2D eigenvalue weighted by atomic mass is 10.1. The molecule has 0 atom stereocenters. The van der Waals surface area contributed by atoms with Crippen LogP contribution in [0.15, 0.2) is 12.1 Å². The lowest BCUT2D eigenvalue weighted by Crippen LogP contribution is -2.46. The van der Waals surface area contributed by atoms with E-state index in [1.54, 1.807) is 12.1 Å². The van der Waals surface area contributed by atoms with Gasteiger partial charge in [0.25, 0.3) is 0 Å². The van der Waals surface area contributed by atoms with Crippen LogP contribution in [0.25, 0.3) is 0 Å². The maximum absolute atomic E-state index is 11.7. The van der Waals surface area contributed by atoms with Crippen molar-refractivity contribution in [3.8, 4) is 0 Å². The van der Waals surface area contributed by atoms with Crippen molar-refractivity contribution in [3.05, 3.63) is 28.3 Å². The smallest absolute Gasteiger partial charge is 0.328 e. The number of nitrogens with one attached hydrogen (secondary N) is 2. The number of hydrogen-bond donors (Lipinski definition) is 3. The number of carbonyl (C=O) groups is 1. The summed E-state index contributed by atoms with van der Waals surface area (Å²) in [6.07, 6.45) is 0. The fourth-order valence-electron chi connectivity index (χ4n) is 1.70. The van der Waals surface area contributed by atoms with Crippen LogP contribution in [-0.2, 0) is 0 Å². The zero-order chi connectivity index (χ0) is 13.2. The van der Waals surface area contributed by atoms with Crippen LogP contribution in [0.1, 0.15) is 11.1 Å². The number of amides is 2. The minimum atomic E-state index is -0.453. The van der Waals surface area contributed by atoms with Gasteiger partial charge in [-0.3, -0.25) is 5.41 Å². The van der Waals surface area contributed by atoms with Crippen LogP contribution < -0.4 is 16.0 Å². The number of nitrogens with zero attached hydrogens (tertiary/aromatic N) is 1. The van der Waals surface area contributed by atoms with Gasteiger partial charge in [-0.2, -0.15) is 0 Å². The predicted octanol–water partition coefficient (Wildman–Crippen LogP) is 2.00. The van der Waals surface area contributed by atoms with Crippen molar-refractivity contribution in [2.75, 3.05) is 11.9 Å². The number of anilines is 1. The molecule has 0 radical (unpaired) electrons. The summed E-state index contributed by atoms with van der Waals surface area (Å²) >= 11 is 5.92. The molecule has 0 unspecified atom stereocenters. The standard InChI is InChI=1S/C11H15ClN4O/c1-6-4-8(12)5-7(2)9(6)16(10(13)14)11(17)15-3/h4-5H,1-3H3,(H3,13,14)(H,15,17). The van der Waals surface area contributed by atoms with Crippen molar-refractivity contribution >= 4 is 29.3 Å². The van der Waals surface area contributed by atoms with Gasteiger partial charge in [0.05, 0.1) is 5.69 Å². The fraction of sp³-hybridized carbons (Fsp3) is 0.273. The second kappa shape index (κ2) is 5.05. The van der Waals surface area contributed by atoms with Crippen LogP contribution in [-0.4, -0.2) is 19.0 Å². The molecule has 1 aromatic rings. The number of rotatable bonds is 1. The number of benzene rings is 1. The maximum atomic E-state index is 11.7. The molecule has 0 spiro atoms. The minimum Gasteiger partial charge on any atom is -0.369 e. The summed E-state index contributed by atoms with van der Waals surface area (Å²) in [5.41, 5.74) is 7.59. The Hall–Kier alpha value is -1.75. The minimum absolute atomic E-state index is 0.335. The lowest BCUT2D eigenvalue weighted by molar-refractivity contribution is 0.251. The largest absolute Gasteiger partial charge is 0.369 e. The zero-order valence-electron chi connectivity index (χ0n) is 9.97. The van der Waals surface area contributed by atoms with Crippen LogP contribution in [0.4, 0.5) is 10.5 Å². The van der Waals surface area contributed by atoms with Crippen LogP contribution in [0, 0.1) is 19.3 Å². The number of nitrogens with two attached hydrogens (primary N) is 1. The molecule has 1 aromatic carbocycles. The first-order valence-corrected chi connectivity index (χ1v) is 5.39. The van der Waals surface area contributed by atoms with Crippen LogP contribution in [0.5, 0.6) is 0 Å². The van der Waals surface area contributed by atoms with Crippen molar-refractivity contribution in [2.45, 2.75) is 13.8 Å². The lowest BCUT2D eigenvalue weighted by Gasteiger charge is -2.24. The molecule has 1 rings (SSSR count). The third-order valence-electron chi connectivity index (χ3n) is 2.34. The molecule has 0 fully saturated rings. The predicted molar refractivity (Wildman–Crippen MR) is 69.8 cm³/mol. The van der Waals surface area contributed by atoms with Crippen molar-refractivity contribution in [2.24, 2.45) is 5.73 Å². The van der Waals surface area contributed by atoms with E-state index in [1.165, 1.54) is 7.05 Å². The normalized spacial score (nSPS) is 9.88. The van der Waals surface area contributed by atoms with Gasteiger partial charge >= 0.3 is 6.03 Å². The van der Waals surface area contributed by atoms with Gasteiger partial charge in [0.15, 0.2) is 0 Å². The Labute approximate surface area is 105 Å². The van der Waals surface area contributed by atoms with E-state index in [2.05, 4.69) is 5.32 Å². The Kier molecular flexibility index (Phi) is 3.96. The maximum Gasteiger partial charge on any atom is 0.328 e. The first-order chi connectivity index (χ1) is 7.88. The van der Waals surface area contributed by atoms with Gasteiger partial charge in [-0.1, -0.05) is 11.6 Å². The first kappa shape index (κ1) is 13.3. The highest BCUT2D eigenvalue weighted by Gasteiger charge is 2.21. The molecule has 4 N–H and O–H groups in total. The van der Waals surface area contributed by atoms with E-state index in [-0.39, 0.29) is 5.96 Å². The van der Waals surface area contributed by atoms with E-state index in [0.717, 1.165) is 16.0 Å². The summed E-state index contributed by atoms with van der Waals surface area (Å²) in [5, 5.41) is 10.5. The van der Waals surface area contributed by atoms with Crippen molar-refractivity contribution in [3.63, 3.8) is 0 Å². The highest BCUT2D eigenvalue weighted by molar-refractivity contribution is 6.31. The number of halogens is 1. The van der Waals surface area contributed by atoms with Gasteiger partial charge in [0.2, 0.25) is 5.96 Å². The van der Waals surface area contributed by atoms with E-state index in [1.807, 2.05) is 13.8 Å². The summed E-state index contributed by atoms with van der Waals surface area (Å²) in [5.74, 6) is -0.335. The summed E-state index contributed by atoms with van der Waals surface area (Å²) < 4.78 is 0. The average molecular weight is 255 g/mol. The highest BCUT2D eigenvalue weighted by Crippen LogP contribution is 2.28. The van der Waals surface area contributed by atoms with Gasteiger partial charge in [0, 0.05) is 12.1 Å². The van der Waals surface area contributed by atoms with Gasteiger partial charge < -0.3 is 11.1 Å². The van der Waals surface area contributed by atoms with E-state index < -0.39 is 6.03 Å². The summed E-state index contributed by atoms with van der Waals surface area (Å²) in [6.45, 7) is 3.63. The quantitative estimate of drug-likeness (QED) is 0.529. The Morgan fingerprint density at radius 2 is 1.88 bits per heavy atom. The molecular weight excluding hydrogens is 240 g/mol. The Balaban J connectivity index is 3.38. The number of aryl methyl sites for hydroxylation is 2. The fourth-order valence-corrected chi connectivity index (χ4v) is 2.03. The molecule has 2 amide bonds. The third-order valence-corrected chi connectivity index (χ3v) is 2.56. The molecular formula is C11H15ClN4O. The van der Waals surface area contributed by atoms with E-state index in [9.17, 15) is 4.79 Å². The van der Waals surface area contributed by atoms with E-state index in [4.69, 9.17) is 22.7 Å². The summed E-state index contributed by atoms with van der Waals surface area (Å²) in [7, 11) is 1.48. The summed E-state index contributed by atoms with van der Waals surface area (Å²) in [4.78, 5) is 12.8. The average Bonchev–Trinajstić information content (AvgIpc) is 2.21. The Morgan fingerprint density at radius 3 is 2.24 bits per heavy atom. The monoisotopic (exact) mass is 254 g/mol. The van der Waals surface area contributed by atoms with Crippen LogP contribution in [0.2, 0.25) is 5.02 Å². The number of urea groups is 1. The van der Waals surface area contributed by atoms with E-state index in [0.29, 0.717) is 10.7 Å². The molecule has 0 saturated heterocycles. The second-order valence-electron chi connectivity index (χ2n) is 3.66. The van der Waals surface area contributed by atoms with Gasteiger partial charge in [-0.05, 0) is 37.1 Å².